The summed E-state index contributed by atoms with van der Waals surface area (Å²) in [5.74, 6) is 0.154. The van der Waals surface area contributed by atoms with Gasteiger partial charge >= 0.3 is 0 Å². The smallest absolute Gasteiger partial charge is 0.228 e. The second-order valence-corrected chi connectivity index (χ2v) is 5.57. The first-order chi connectivity index (χ1) is 7.40. The third-order valence-corrected chi connectivity index (χ3v) is 3.97. The predicted molar refractivity (Wildman–Crippen MR) is 65.1 cm³/mol. The van der Waals surface area contributed by atoms with Crippen molar-refractivity contribution in [1.82, 2.24) is 4.90 Å². The van der Waals surface area contributed by atoms with Crippen molar-refractivity contribution in [1.29, 1.82) is 0 Å². The fourth-order valence-corrected chi connectivity index (χ4v) is 2.32. The van der Waals surface area contributed by atoms with Crippen molar-refractivity contribution < 1.29 is 9.90 Å². The largest absolute Gasteiger partial charge is 0.391 e. The molecule has 0 bridgehead atoms. The Morgan fingerprint density at radius 2 is 1.94 bits per heavy atom. The third kappa shape index (κ3) is 2.76. The van der Waals surface area contributed by atoms with E-state index >= 15 is 0 Å². The lowest BCUT2D eigenvalue weighted by Crippen LogP contribution is -2.50. The highest BCUT2D eigenvalue weighted by Gasteiger charge is 2.35. The molecule has 2 atom stereocenters. The normalized spacial score (nSPS) is 26.6. The van der Waals surface area contributed by atoms with Crippen molar-refractivity contribution in [2.75, 3.05) is 7.05 Å². The molecule has 1 aliphatic carbocycles. The van der Waals surface area contributed by atoms with E-state index < -0.39 is 0 Å². The summed E-state index contributed by atoms with van der Waals surface area (Å²) >= 11 is 0. The van der Waals surface area contributed by atoms with Crippen molar-refractivity contribution >= 4 is 5.91 Å². The maximum absolute atomic E-state index is 12.3. The number of amides is 1. The quantitative estimate of drug-likeness (QED) is 0.803. The Bertz CT molecular complexity index is 250. The number of aliphatic hydroxyl groups excluding tert-OH is 1. The van der Waals surface area contributed by atoms with Crippen molar-refractivity contribution in [3.63, 3.8) is 0 Å². The average Bonchev–Trinajstić information content (AvgIpc) is 2.27. The van der Waals surface area contributed by atoms with Gasteiger partial charge < -0.3 is 10.0 Å². The van der Waals surface area contributed by atoms with Crippen molar-refractivity contribution in [3.05, 3.63) is 0 Å². The van der Waals surface area contributed by atoms with Gasteiger partial charge in [0.1, 0.15) is 0 Å². The van der Waals surface area contributed by atoms with Gasteiger partial charge in [-0.3, -0.25) is 4.79 Å². The van der Waals surface area contributed by atoms with E-state index in [0.717, 1.165) is 32.1 Å². The molecule has 0 heterocycles. The summed E-state index contributed by atoms with van der Waals surface area (Å²) < 4.78 is 0. The first-order valence-electron chi connectivity index (χ1n) is 6.35. The molecule has 3 nitrogen and oxygen atoms in total. The van der Waals surface area contributed by atoms with Gasteiger partial charge in [0, 0.05) is 12.5 Å². The Balaban J connectivity index is 2.69. The summed E-state index contributed by atoms with van der Waals surface area (Å²) in [4.78, 5) is 14.0. The molecule has 1 amide bonds. The van der Waals surface area contributed by atoms with Crippen LogP contribution >= 0.6 is 0 Å². The van der Waals surface area contributed by atoms with Crippen LogP contribution in [0.25, 0.3) is 0 Å². The highest BCUT2D eigenvalue weighted by Crippen LogP contribution is 2.28. The molecule has 3 heteroatoms. The van der Waals surface area contributed by atoms with Gasteiger partial charge in [-0.1, -0.05) is 33.6 Å². The minimum Gasteiger partial charge on any atom is -0.391 e. The number of carbonyl (C=O) groups excluding carboxylic acids is 1. The topological polar surface area (TPSA) is 40.5 Å². The molecule has 1 fully saturated rings. The van der Waals surface area contributed by atoms with Gasteiger partial charge in [0.25, 0.3) is 0 Å². The highest BCUT2D eigenvalue weighted by molar-refractivity contribution is 5.82. The highest BCUT2D eigenvalue weighted by atomic mass is 16.3. The van der Waals surface area contributed by atoms with E-state index in [1.165, 1.54) is 0 Å². The van der Waals surface area contributed by atoms with E-state index in [0.29, 0.717) is 0 Å². The summed E-state index contributed by atoms with van der Waals surface area (Å²) in [5, 5.41) is 9.93. The van der Waals surface area contributed by atoms with Crippen LogP contribution in [0.5, 0.6) is 0 Å². The molecule has 16 heavy (non-hydrogen) atoms. The zero-order chi connectivity index (χ0) is 12.3. The Labute approximate surface area is 98.8 Å². The molecule has 1 aliphatic rings. The maximum atomic E-state index is 12.3. The second-order valence-electron chi connectivity index (χ2n) is 5.57. The van der Waals surface area contributed by atoms with Crippen LogP contribution in [0.15, 0.2) is 0 Å². The SMILES string of the molecule is CCC(C)(C)C(=O)N(C)C1CCCCC1O. The van der Waals surface area contributed by atoms with Gasteiger partial charge in [0.15, 0.2) is 0 Å². The first-order valence-corrected chi connectivity index (χ1v) is 6.35. The molecule has 94 valence electrons. The molecule has 0 aromatic heterocycles. The van der Waals surface area contributed by atoms with E-state index in [1.807, 2.05) is 27.8 Å². The Hall–Kier alpha value is -0.570. The zero-order valence-electron chi connectivity index (χ0n) is 11.0. The van der Waals surface area contributed by atoms with E-state index in [1.54, 1.807) is 4.90 Å². The fraction of sp³-hybridized carbons (Fsp3) is 0.923. The summed E-state index contributed by atoms with van der Waals surface area (Å²) in [5.41, 5.74) is -0.314. The van der Waals surface area contributed by atoms with Crippen molar-refractivity contribution in [3.8, 4) is 0 Å². The van der Waals surface area contributed by atoms with Gasteiger partial charge in [0.2, 0.25) is 5.91 Å². The van der Waals surface area contributed by atoms with Gasteiger partial charge in [-0.25, -0.2) is 0 Å². The number of likely N-dealkylation sites (N-methyl/N-ethyl adjacent to an activating group) is 1. The van der Waals surface area contributed by atoms with Crippen LogP contribution in [-0.4, -0.2) is 35.1 Å². The lowest BCUT2D eigenvalue weighted by molar-refractivity contribution is -0.144. The predicted octanol–water partition coefficient (Wildman–Crippen LogP) is 2.18. The number of nitrogens with zero attached hydrogens (tertiary/aromatic N) is 1. The summed E-state index contributed by atoms with van der Waals surface area (Å²) in [6, 6.07) is 0.0204. The Kier molecular flexibility index (Phi) is 4.36. The first kappa shape index (κ1) is 13.5. The molecule has 0 aliphatic heterocycles. The van der Waals surface area contributed by atoms with Crippen LogP contribution in [0.3, 0.4) is 0 Å². The molecule has 0 aromatic rings. The van der Waals surface area contributed by atoms with Crippen molar-refractivity contribution in [2.24, 2.45) is 5.41 Å². The molecular weight excluding hydrogens is 202 g/mol. The average molecular weight is 227 g/mol. The molecule has 1 rings (SSSR count). The second kappa shape index (κ2) is 5.17. The van der Waals surface area contributed by atoms with Gasteiger partial charge in [0.05, 0.1) is 12.1 Å². The summed E-state index contributed by atoms with van der Waals surface area (Å²) in [6.45, 7) is 5.98. The lowest BCUT2D eigenvalue weighted by atomic mass is 9.85. The number of hydrogen-bond donors (Lipinski definition) is 1. The maximum Gasteiger partial charge on any atom is 0.228 e. The zero-order valence-corrected chi connectivity index (χ0v) is 11.0. The number of carbonyl (C=O) groups is 1. The van der Waals surface area contributed by atoms with Crippen LogP contribution in [0.2, 0.25) is 0 Å². The minimum absolute atomic E-state index is 0.0204. The molecule has 0 saturated heterocycles. The van der Waals surface area contributed by atoms with E-state index in [2.05, 4.69) is 0 Å². The Morgan fingerprint density at radius 3 is 2.44 bits per heavy atom. The Morgan fingerprint density at radius 1 is 1.38 bits per heavy atom. The monoisotopic (exact) mass is 227 g/mol. The van der Waals surface area contributed by atoms with Crippen LogP contribution < -0.4 is 0 Å². The van der Waals surface area contributed by atoms with Crippen LogP contribution in [0, 0.1) is 5.41 Å². The molecule has 0 radical (unpaired) electrons. The molecular formula is C13H25NO2. The van der Waals surface area contributed by atoms with Crippen molar-refractivity contribution in [2.45, 2.75) is 65.0 Å². The molecule has 2 unspecified atom stereocenters. The van der Waals surface area contributed by atoms with Crippen LogP contribution in [0.4, 0.5) is 0 Å². The van der Waals surface area contributed by atoms with Gasteiger partial charge in [-0.15, -0.1) is 0 Å². The molecule has 0 aromatic carbocycles. The van der Waals surface area contributed by atoms with E-state index in [9.17, 15) is 9.90 Å². The minimum atomic E-state index is -0.338. The lowest BCUT2D eigenvalue weighted by Gasteiger charge is -2.38. The molecule has 1 saturated carbocycles. The summed E-state index contributed by atoms with van der Waals surface area (Å²) in [7, 11) is 1.83. The fourth-order valence-electron chi connectivity index (χ4n) is 2.32. The molecule has 0 spiro atoms. The van der Waals surface area contributed by atoms with E-state index in [-0.39, 0.29) is 23.5 Å². The number of rotatable bonds is 3. The standard InChI is InChI=1S/C13H25NO2/c1-5-13(2,3)12(16)14(4)10-8-6-7-9-11(10)15/h10-11,15H,5-9H2,1-4H3. The number of aliphatic hydroxyl groups is 1. The van der Waals surface area contributed by atoms with Gasteiger partial charge in [-0.2, -0.15) is 0 Å². The van der Waals surface area contributed by atoms with Crippen LogP contribution in [0.1, 0.15) is 52.9 Å². The molecule has 1 N–H and O–H groups in total. The van der Waals surface area contributed by atoms with E-state index in [4.69, 9.17) is 0 Å². The third-order valence-electron chi connectivity index (χ3n) is 3.97. The number of hydrogen-bond acceptors (Lipinski definition) is 2. The van der Waals surface area contributed by atoms with Gasteiger partial charge in [-0.05, 0) is 19.3 Å². The van der Waals surface area contributed by atoms with Crippen LogP contribution in [-0.2, 0) is 4.79 Å². The summed E-state index contributed by atoms with van der Waals surface area (Å²) in [6.07, 6.45) is 4.45.